The Hall–Kier alpha value is -2.20. The summed E-state index contributed by atoms with van der Waals surface area (Å²) in [6, 6.07) is 12.1. The molecule has 1 aliphatic heterocycles. The number of ether oxygens (including phenoxy) is 2. The molecule has 0 bridgehead atoms. The molecule has 1 N–H and O–H groups in total. The SMILES string of the molecule is COC(=O)Cc1ccc2c(c1)NCC1(CCCc3cc(Cl)ccc31)CO2. The fraction of sp³-hybridized carbons (Fsp3) is 0.381. The van der Waals surface area contributed by atoms with Gasteiger partial charge in [0.25, 0.3) is 0 Å². The van der Waals surface area contributed by atoms with Gasteiger partial charge >= 0.3 is 5.97 Å². The number of methoxy groups -OCH3 is 1. The minimum absolute atomic E-state index is 0.0558. The standard InChI is InChI=1S/C21H22ClNO3/c1-25-20(24)10-14-4-7-19-18(9-14)23-12-21(13-26-19)8-2-3-15-11-16(22)5-6-17(15)21/h4-7,9,11,23H,2-3,8,10,12-13H2,1H3. The molecule has 0 aromatic heterocycles. The van der Waals surface area contributed by atoms with Crippen molar-refractivity contribution in [3.63, 3.8) is 0 Å². The summed E-state index contributed by atoms with van der Waals surface area (Å²) in [5.41, 5.74) is 4.46. The molecule has 2 aromatic carbocycles. The van der Waals surface area contributed by atoms with Crippen LogP contribution in [0.1, 0.15) is 29.5 Å². The Balaban J connectivity index is 1.62. The van der Waals surface area contributed by atoms with Crippen LogP contribution in [-0.2, 0) is 27.8 Å². The van der Waals surface area contributed by atoms with Crippen molar-refractivity contribution in [2.45, 2.75) is 31.1 Å². The third-order valence-electron chi connectivity index (χ3n) is 5.48. The quantitative estimate of drug-likeness (QED) is 0.806. The van der Waals surface area contributed by atoms with Crippen molar-refractivity contribution in [3.8, 4) is 5.75 Å². The fourth-order valence-electron chi connectivity index (χ4n) is 4.09. The topological polar surface area (TPSA) is 47.6 Å². The van der Waals surface area contributed by atoms with E-state index in [0.717, 1.165) is 47.8 Å². The Kier molecular flexibility index (Phi) is 4.53. The molecule has 26 heavy (non-hydrogen) atoms. The maximum absolute atomic E-state index is 11.5. The van der Waals surface area contributed by atoms with Crippen molar-refractivity contribution in [1.29, 1.82) is 0 Å². The van der Waals surface area contributed by atoms with Gasteiger partial charge in [-0.1, -0.05) is 23.7 Å². The van der Waals surface area contributed by atoms with Gasteiger partial charge in [0.1, 0.15) is 5.75 Å². The number of hydrogen-bond donors (Lipinski definition) is 1. The first-order valence-corrected chi connectivity index (χ1v) is 9.33. The lowest BCUT2D eigenvalue weighted by molar-refractivity contribution is -0.139. The third kappa shape index (κ3) is 3.14. The predicted octanol–water partition coefficient (Wildman–Crippen LogP) is 4.13. The molecule has 0 amide bonds. The minimum Gasteiger partial charge on any atom is -0.490 e. The second kappa shape index (κ2) is 6.84. The summed E-state index contributed by atoms with van der Waals surface area (Å²) in [5.74, 6) is 0.589. The van der Waals surface area contributed by atoms with Gasteiger partial charge in [-0.3, -0.25) is 4.79 Å². The number of halogens is 1. The number of hydrogen-bond acceptors (Lipinski definition) is 4. The molecule has 0 radical (unpaired) electrons. The van der Waals surface area contributed by atoms with E-state index in [-0.39, 0.29) is 17.8 Å². The van der Waals surface area contributed by atoms with Crippen LogP contribution in [0.5, 0.6) is 5.75 Å². The maximum Gasteiger partial charge on any atom is 0.309 e. The van der Waals surface area contributed by atoms with Crippen LogP contribution >= 0.6 is 11.6 Å². The number of anilines is 1. The third-order valence-corrected chi connectivity index (χ3v) is 5.72. The van der Waals surface area contributed by atoms with Gasteiger partial charge in [0, 0.05) is 17.0 Å². The number of nitrogens with one attached hydrogen (secondary N) is 1. The number of esters is 1. The lowest BCUT2D eigenvalue weighted by Gasteiger charge is -2.37. The van der Waals surface area contributed by atoms with Crippen LogP contribution < -0.4 is 10.1 Å². The molecule has 0 saturated carbocycles. The zero-order chi connectivity index (χ0) is 18.1. The first-order valence-electron chi connectivity index (χ1n) is 8.95. The molecule has 2 aromatic rings. The summed E-state index contributed by atoms with van der Waals surface area (Å²) in [5, 5.41) is 4.35. The number of carbonyl (C=O) groups is 1. The highest BCUT2D eigenvalue weighted by molar-refractivity contribution is 6.30. The molecule has 4 nitrogen and oxygen atoms in total. The highest BCUT2D eigenvalue weighted by atomic mass is 35.5. The van der Waals surface area contributed by atoms with Crippen molar-refractivity contribution in [1.82, 2.24) is 0 Å². The Morgan fingerprint density at radius 3 is 3.04 bits per heavy atom. The molecular formula is C21H22ClNO3. The molecule has 136 valence electrons. The molecule has 2 aliphatic rings. The van der Waals surface area contributed by atoms with E-state index in [2.05, 4.69) is 17.4 Å². The first kappa shape index (κ1) is 17.2. The van der Waals surface area contributed by atoms with E-state index >= 15 is 0 Å². The molecule has 1 spiro atoms. The van der Waals surface area contributed by atoms with E-state index in [4.69, 9.17) is 21.1 Å². The monoisotopic (exact) mass is 371 g/mol. The van der Waals surface area contributed by atoms with Gasteiger partial charge in [0.2, 0.25) is 0 Å². The Bertz CT molecular complexity index is 851. The van der Waals surface area contributed by atoms with Crippen molar-refractivity contribution < 1.29 is 14.3 Å². The molecule has 1 unspecified atom stereocenters. The summed E-state index contributed by atoms with van der Waals surface area (Å²) < 4.78 is 11.0. The Morgan fingerprint density at radius 1 is 1.31 bits per heavy atom. The van der Waals surface area contributed by atoms with Crippen LogP contribution in [0.2, 0.25) is 5.02 Å². The van der Waals surface area contributed by atoms with E-state index in [1.54, 1.807) is 0 Å². The highest BCUT2D eigenvalue weighted by Gasteiger charge is 2.39. The number of fused-ring (bicyclic) bond motifs is 3. The lowest BCUT2D eigenvalue weighted by Crippen LogP contribution is -2.41. The molecular weight excluding hydrogens is 350 g/mol. The number of rotatable bonds is 2. The van der Waals surface area contributed by atoms with Gasteiger partial charge in [0.15, 0.2) is 0 Å². The maximum atomic E-state index is 11.5. The Morgan fingerprint density at radius 2 is 2.19 bits per heavy atom. The molecule has 5 heteroatoms. The largest absolute Gasteiger partial charge is 0.490 e. The molecule has 0 fully saturated rings. The minimum atomic E-state index is -0.242. The summed E-state index contributed by atoms with van der Waals surface area (Å²) in [6.07, 6.45) is 3.53. The molecule has 0 saturated heterocycles. The van der Waals surface area contributed by atoms with E-state index in [9.17, 15) is 4.79 Å². The molecule has 4 rings (SSSR count). The molecule has 1 aliphatic carbocycles. The predicted molar refractivity (Wildman–Crippen MR) is 102 cm³/mol. The van der Waals surface area contributed by atoms with Crippen molar-refractivity contribution in [3.05, 3.63) is 58.1 Å². The van der Waals surface area contributed by atoms with Gasteiger partial charge in [-0.25, -0.2) is 0 Å². The highest BCUT2D eigenvalue weighted by Crippen LogP contribution is 2.42. The van der Waals surface area contributed by atoms with Crippen LogP contribution in [0.4, 0.5) is 5.69 Å². The fourth-order valence-corrected chi connectivity index (χ4v) is 4.29. The number of aryl methyl sites for hydroxylation is 1. The summed E-state index contributed by atoms with van der Waals surface area (Å²) in [4.78, 5) is 11.5. The second-order valence-corrected chi connectivity index (χ2v) is 7.60. The zero-order valence-electron chi connectivity index (χ0n) is 14.8. The van der Waals surface area contributed by atoms with Gasteiger partial charge in [-0.15, -0.1) is 0 Å². The smallest absolute Gasteiger partial charge is 0.309 e. The van der Waals surface area contributed by atoms with E-state index in [1.807, 2.05) is 24.3 Å². The van der Waals surface area contributed by atoms with Gasteiger partial charge < -0.3 is 14.8 Å². The van der Waals surface area contributed by atoms with Crippen molar-refractivity contribution in [2.75, 3.05) is 25.6 Å². The van der Waals surface area contributed by atoms with Crippen LogP contribution in [0.3, 0.4) is 0 Å². The van der Waals surface area contributed by atoms with E-state index in [1.165, 1.54) is 18.2 Å². The Labute approximate surface area is 158 Å². The van der Waals surface area contributed by atoms with Gasteiger partial charge in [-0.2, -0.15) is 0 Å². The van der Waals surface area contributed by atoms with Crippen LogP contribution in [0, 0.1) is 0 Å². The average molecular weight is 372 g/mol. The van der Waals surface area contributed by atoms with Crippen LogP contribution in [0.15, 0.2) is 36.4 Å². The average Bonchev–Trinajstić information content (AvgIpc) is 2.82. The van der Waals surface area contributed by atoms with Crippen LogP contribution in [0.25, 0.3) is 0 Å². The van der Waals surface area contributed by atoms with Crippen molar-refractivity contribution >= 4 is 23.3 Å². The lowest BCUT2D eigenvalue weighted by atomic mass is 9.70. The summed E-state index contributed by atoms with van der Waals surface area (Å²) in [6.45, 7) is 1.44. The number of benzene rings is 2. The normalized spacial score (nSPS) is 21.0. The van der Waals surface area contributed by atoms with Crippen molar-refractivity contribution in [2.24, 2.45) is 0 Å². The summed E-state index contributed by atoms with van der Waals surface area (Å²) >= 11 is 6.20. The van der Waals surface area contributed by atoms with E-state index in [0.29, 0.717) is 6.61 Å². The van der Waals surface area contributed by atoms with Gasteiger partial charge in [0.05, 0.1) is 25.8 Å². The van der Waals surface area contributed by atoms with Gasteiger partial charge in [-0.05, 0) is 60.2 Å². The van der Waals surface area contributed by atoms with Crippen LogP contribution in [-0.4, -0.2) is 26.2 Å². The summed E-state index contributed by atoms with van der Waals surface area (Å²) in [7, 11) is 1.41. The number of carbonyl (C=O) groups excluding carboxylic acids is 1. The molecule has 1 atom stereocenters. The van der Waals surface area contributed by atoms with E-state index < -0.39 is 0 Å². The second-order valence-electron chi connectivity index (χ2n) is 7.16. The first-order chi connectivity index (χ1) is 12.6. The molecule has 1 heterocycles. The zero-order valence-corrected chi connectivity index (χ0v) is 15.6.